The third kappa shape index (κ3) is 9.04. The molecule has 0 saturated carbocycles. The van der Waals surface area contributed by atoms with Gasteiger partial charge in [-0.3, -0.25) is 0 Å². The van der Waals surface area contributed by atoms with E-state index >= 15 is 0 Å². The van der Waals surface area contributed by atoms with Crippen LogP contribution in [0.5, 0.6) is 0 Å². The molecule has 0 aromatic heterocycles. The SMILES string of the molecule is CC1O[C@@H](O[C@@H]2C(CO)O[C@@H](O[C@@H]3C(CO)O[C@@H](C)C(O)[C@H]3O)C(O)[C@H]2O)C(O)[C@@H](O)[C@@H]1N[C@@H]1C=C(CO)[C@H](OC2OC(CO)[C@@H](O)[C@H](O)C2O)C(O)[C@@H]1O. The van der Waals surface area contributed by atoms with Crippen LogP contribution in [0.2, 0.25) is 0 Å². The summed E-state index contributed by atoms with van der Waals surface area (Å²) in [5.41, 5.74) is -0.0433. The van der Waals surface area contributed by atoms with E-state index in [1.807, 2.05) is 0 Å². The first-order chi connectivity index (χ1) is 26.0. The molecule has 23 nitrogen and oxygen atoms in total. The molecule has 23 heteroatoms. The minimum absolute atomic E-state index is 0.0433. The standard InChI is InChI=1S/C32H55NO22/c1-8-15(33-11-3-10(4-34)27(22(44)17(11)39)53-31-25(47)20(42)18(40)12(5-35)51-31)19(41)24(46)30(50-8)54-29-14(7-37)52-32(26(48)23(29)45)55-28-13(6-36)49-9(2)16(38)21(28)43/h3,8-9,11-48H,4-7H2,1-2H3/t8?,9-,11+,12?,13?,14?,15+,16?,17+,18+,19-,20-,21+,22?,23+,24?,25?,26?,27-,28+,29+,30-,31?,32-/m0/s1. The molecule has 4 fully saturated rings. The largest absolute Gasteiger partial charge is 0.394 e. The van der Waals surface area contributed by atoms with Gasteiger partial charge in [0.1, 0.15) is 104 Å². The van der Waals surface area contributed by atoms with Gasteiger partial charge in [0, 0.05) is 0 Å². The van der Waals surface area contributed by atoms with Gasteiger partial charge in [0.25, 0.3) is 0 Å². The molecule has 10 unspecified atom stereocenters. The minimum atomic E-state index is -1.92. The lowest BCUT2D eigenvalue weighted by Crippen LogP contribution is -2.68. The molecule has 24 atom stereocenters. The Bertz CT molecular complexity index is 1250. The fourth-order valence-electron chi connectivity index (χ4n) is 7.50. The molecule has 55 heavy (non-hydrogen) atoms. The summed E-state index contributed by atoms with van der Waals surface area (Å²) in [6.07, 6.45) is -33.7. The van der Waals surface area contributed by atoms with Crippen LogP contribution >= 0.6 is 0 Å². The van der Waals surface area contributed by atoms with Gasteiger partial charge in [-0.05, 0) is 19.4 Å². The zero-order valence-electron chi connectivity index (χ0n) is 29.8. The molecule has 4 aliphatic heterocycles. The van der Waals surface area contributed by atoms with E-state index in [4.69, 9.17) is 33.2 Å². The second-order valence-corrected chi connectivity index (χ2v) is 14.5. The van der Waals surface area contributed by atoms with Crippen LogP contribution in [0.1, 0.15) is 13.8 Å². The average Bonchev–Trinajstić information content (AvgIpc) is 3.17. The highest BCUT2D eigenvalue weighted by Crippen LogP contribution is 2.34. The number of hydrogen-bond acceptors (Lipinski definition) is 23. The van der Waals surface area contributed by atoms with Gasteiger partial charge in [-0.25, -0.2) is 0 Å². The van der Waals surface area contributed by atoms with Gasteiger partial charge in [-0.2, -0.15) is 0 Å². The lowest BCUT2D eigenvalue weighted by atomic mass is 9.86. The monoisotopic (exact) mass is 805 g/mol. The molecule has 4 saturated heterocycles. The number of hydrogen-bond donors (Lipinski definition) is 16. The third-order valence-corrected chi connectivity index (χ3v) is 10.8. The van der Waals surface area contributed by atoms with Crippen LogP contribution in [0.4, 0.5) is 0 Å². The van der Waals surface area contributed by atoms with E-state index in [1.165, 1.54) is 19.9 Å². The average molecular weight is 806 g/mol. The van der Waals surface area contributed by atoms with Crippen LogP contribution in [0.15, 0.2) is 11.6 Å². The van der Waals surface area contributed by atoms with Crippen LogP contribution < -0.4 is 5.32 Å². The van der Waals surface area contributed by atoms with Gasteiger partial charge in [-0.15, -0.1) is 0 Å². The maximum absolute atomic E-state index is 11.2. The minimum Gasteiger partial charge on any atom is -0.394 e. The van der Waals surface area contributed by atoms with Gasteiger partial charge in [0.05, 0.1) is 50.7 Å². The smallest absolute Gasteiger partial charge is 0.187 e. The molecule has 4 heterocycles. The van der Waals surface area contributed by atoms with Crippen molar-refractivity contribution in [2.45, 2.75) is 161 Å². The van der Waals surface area contributed by atoms with Crippen molar-refractivity contribution in [2.24, 2.45) is 0 Å². The molecular weight excluding hydrogens is 750 g/mol. The molecule has 0 aromatic rings. The zero-order valence-corrected chi connectivity index (χ0v) is 29.8. The van der Waals surface area contributed by atoms with Crippen molar-refractivity contribution in [3.05, 3.63) is 11.6 Å². The molecular formula is C32H55NO22. The Labute approximate surface area is 314 Å². The Morgan fingerprint density at radius 1 is 0.491 bits per heavy atom. The molecule has 1 aliphatic carbocycles. The Morgan fingerprint density at radius 2 is 0.982 bits per heavy atom. The lowest BCUT2D eigenvalue weighted by molar-refractivity contribution is -0.367. The van der Waals surface area contributed by atoms with E-state index < -0.39 is 173 Å². The van der Waals surface area contributed by atoms with E-state index in [-0.39, 0.29) is 5.57 Å². The molecule has 0 amide bonds. The first-order valence-electron chi connectivity index (χ1n) is 18.0. The van der Waals surface area contributed by atoms with Crippen molar-refractivity contribution in [1.29, 1.82) is 0 Å². The second-order valence-electron chi connectivity index (χ2n) is 14.5. The predicted octanol–water partition coefficient (Wildman–Crippen LogP) is -9.67. The highest BCUT2D eigenvalue weighted by atomic mass is 16.7. The Hall–Kier alpha value is -1.18. The molecule has 0 aromatic carbocycles. The first-order valence-corrected chi connectivity index (χ1v) is 18.0. The molecule has 0 spiro atoms. The summed E-state index contributed by atoms with van der Waals surface area (Å²) < 4.78 is 39.2. The highest BCUT2D eigenvalue weighted by molar-refractivity contribution is 5.23. The predicted molar refractivity (Wildman–Crippen MR) is 174 cm³/mol. The fraction of sp³-hybridized carbons (Fsp3) is 0.938. The Morgan fingerprint density at radius 3 is 1.56 bits per heavy atom. The molecule has 5 rings (SSSR count). The van der Waals surface area contributed by atoms with Crippen molar-refractivity contribution >= 4 is 0 Å². The van der Waals surface area contributed by atoms with Gasteiger partial charge < -0.3 is 115 Å². The van der Waals surface area contributed by atoms with Gasteiger partial charge >= 0.3 is 0 Å². The van der Waals surface area contributed by atoms with Crippen LogP contribution in [0, 0.1) is 0 Å². The molecule has 5 aliphatic rings. The normalized spacial score (nSPS) is 52.5. The van der Waals surface area contributed by atoms with Crippen molar-refractivity contribution < 1.29 is 110 Å². The van der Waals surface area contributed by atoms with Crippen molar-refractivity contribution in [3.8, 4) is 0 Å². The number of rotatable bonds is 12. The van der Waals surface area contributed by atoms with E-state index in [0.29, 0.717) is 0 Å². The maximum Gasteiger partial charge on any atom is 0.187 e. The number of aliphatic hydroxyl groups is 15. The summed E-state index contributed by atoms with van der Waals surface area (Å²) in [6.45, 7) is -0.0960. The van der Waals surface area contributed by atoms with Crippen molar-refractivity contribution in [3.63, 3.8) is 0 Å². The highest BCUT2D eigenvalue weighted by Gasteiger charge is 2.54. The summed E-state index contributed by atoms with van der Waals surface area (Å²) in [7, 11) is 0. The zero-order chi connectivity index (χ0) is 40.6. The lowest BCUT2D eigenvalue weighted by Gasteiger charge is -2.49. The summed E-state index contributed by atoms with van der Waals surface area (Å²) in [5, 5.41) is 160. The van der Waals surface area contributed by atoms with Gasteiger partial charge in [0.2, 0.25) is 0 Å². The maximum atomic E-state index is 11.2. The fourth-order valence-corrected chi connectivity index (χ4v) is 7.50. The summed E-state index contributed by atoms with van der Waals surface area (Å²) in [5.74, 6) is 0. The Kier molecular flexibility index (Phi) is 15.4. The number of ether oxygens (including phenoxy) is 7. The van der Waals surface area contributed by atoms with Crippen LogP contribution in [0.25, 0.3) is 0 Å². The van der Waals surface area contributed by atoms with Crippen LogP contribution in [-0.4, -0.2) is 250 Å². The molecule has 16 N–H and O–H groups in total. The summed E-state index contributed by atoms with van der Waals surface area (Å²) in [4.78, 5) is 0. The van der Waals surface area contributed by atoms with Crippen LogP contribution in [0.3, 0.4) is 0 Å². The summed E-state index contributed by atoms with van der Waals surface area (Å²) in [6, 6.07) is -2.43. The molecule has 0 radical (unpaired) electrons. The van der Waals surface area contributed by atoms with E-state index in [1.54, 1.807) is 0 Å². The summed E-state index contributed by atoms with van der Waals surface area (Å²) >= 11 is 0. The van der Waals surface area contributed by atoms with Crippen molar-refractivity contribution in [2.75, 3.05) is 26.4 Å². The number of nitrogens with one attached hydrogen (secondary N) is 1. The van der Waals surface area contributed by atoms with Gasteiger partial charge in [-0.1, -0.05) is 6.08 Å². The molecule has 0 bridgehead atoms. The van der Waals surface area contributed by atoms with Gasteiger partial charge in [0.15, 0.2) is 18.9 Å². The van der Waals surface area contributed by atoms with Crippen molar-refractivity contribution in [1.82, 2.24) is 5.32 Å². The van der Waals surface area contributed by atoms with E-state index in [2.05, 4.69) is 5.32 Å². The Balaban J connectivity index is 1.23. The third-order valence-electron chi connectivity index (χ3n) is 10.8. The first kappa shape index (κ1) is 44.9. The quantitative estimate of drug-likeness (QED) is 0.0814. The number of aliphatic hydroxyl groups excluding tert-OH is 15. The van der Waals surface area contributed by atoms with E-state index in [0.717, 1.165) is 0 Å². The topological polar surface area (TPSA) is 380 Å². The molecule has 320 valence electrons. The second kappa shape index (κ2) is 18.8. The van der Waals surface area contributed by atoms with E-state index in [9.17, 15) is 76.6 Å². The van der Waals surface area contributed by atoms with Crippen LogP contribution in [-0.2, 0) is 33.2 Å².